The average molecular weight is 423 g/mol. The van der Waals surface area contributed by atoms with Crippen molar-refractivity contribution in [1.29, 1.82) is 0 Å². The van der Waals surface area contributed by atoms with E-state index in [1.165, 1.54) is 36.5 Å². The summed E-state index contributed by atoms with van der Waals surface area (Å²) in [7, 11) is 0. The number of carbonyl (C=O) groups excluding carboxylic acids is 1. The van der Waals surface area contributed by atoms with Crippen molar-refractivity contribution in [3.8, 4) is 5.69 Å². The molecule has 3 N–H and O–H groups in total. The van der Waals surface area contributed by atoms with E-state index in [-0.39, 0.29) is 16.7 Å². The largest absolute Gasteiger partial charge is 0.478 e. The van der Waals surface area contributed by atoms with Crippen molar-refractivity contribution in [2.24, 2.45) is 5.10 Å². The van der Waals surface area contributed by atoms with E-state index >= 15 is 0 Å². The molecule has 3 aromatic rings. The Morgan fingerprint density at radius 3 is 2.19 bits per heavy atom. The second kappa shape index (κ2) is 8.62. The second-order valence-corrected chi connectivity index (χ2v) is 6.75. The minimum atomic E-state index is -1.24. The summed E-state index contributed by atoms with van der Waals surface area (Å²) >= 11 is 0. The molecule has 0 fully saturated rings. The van der Waals surface area contributed by atoms with E-state index in [1.807, 2.05) is 0 Å². The maximum atomic E-state index is 13.2. The number of carboxylic acids is 2. The number of aromatic carboxylic acids is 2. The Morgan fingerprint density at radius 1 is 0.968 bits per heavy atom. The lowest BCUT2D eigenvalue weighted by atomic mass is 10.1. The van der Waals surface area contributed by atoms with Crippen molar-refractivity contribution >= 4 is 24.1 Å². The number of carboxylic acid groups (broad SMARTS) is 2. The first-order valence-corrected chi connectivity index (χ1v) is 9.07. The van der Waals surface area contributed by atoms with E-state index in [2.05, 4.69) is 10.5 Å². The summed E-state index contributed by atoms with van der Waals surface area (Å²) in [5.41, 5.74) is 4.48. The number of amides is 1. The molecular weight excluding hydrogens is 405 g/mol. The van der Waals surface area contributed by atoms with Gasteiger partial charge in [0.25, 0.3) is 5.91 Å². The van der Waals surface area contributed by atoms with Crippen LogP contribution < -0.4 is 5.43 Å². The number of halogens is 1. The highest BCUT2D eigenvalue weighted by Crippen LogP contribution is 2.22. The maximum Gasteiger partial charge on any atom is 0.335 e. The number of nitrogens with zero attached hydrogens (tertiary/aromatic N) is 2. The van der Waals surface area contributed by atoms with Gasteiger partial charge in [-0.15, -0.1) is 0 Å². The molecule has 158 valence electrons. The normalized spacial score (nSPS) is 10.9. The van der Waals surface area contributed by atoms with Gasteiger partial charge in [0.1, 0.15) is 5.82 Å². The SMILES string of the molecule is Cc1cc(/C=N\NC(=O)c2cccc(F)c2)c(C)n1-c1cc(C(=O)O)cc(C(=O)O)c1. The van der Waals surface area contributed by atoms with Crippen LogP contribution in [-0.4, -0.2) is 38.8 Å². The molecule has 0 spiro atoms. The maximum absolute atomic E-state index is 13.2. The Morgan fingerprint density at radius 2 is 1.61 bits per heavy atom. The fourth-order valence-electron chi connectivity index (χ4n) is 3.16. The van der Waals surface area contributed by atoms with Crippen LogP contribution in [0.1, 0.15) is 48.0 Å². The molecule has 2 aromatic carbocycles. The molecule has 0 saturated heterocycles. The second-order valence-electron chi connectivity index (χ2n) is 6.75. The predicted octanol–water partition coefficient (Wildman–Crippen LogP) is 3.39. The van der Waals surface area contributed by atoms with Crippen molar-refractivity contribution in [3.05, 3.63) is 88.0 Å². The Bertz CT molecular complexity index is 1200. The summed E-state index contributed by atoms with van der Waals surface area (Å²) in [5, 5.41) is 22.5. The van der Waals surface area contributed by atoms with E-state index in [1.54, 1.807) is 24.5 Å². The molecule has 0 atom stereocenters. The summed E-state index contributed by atoms with van der Waals surface area (Å²) in [6.07, 6.45) is 1.40. The van der Waals surface area contributed by atoms with Gasteiger partial charge in [0.15, 0.2) is 0 Å². The van der Waals surface area contributed by atoms with Gasteiger partial charge in [-0.05, 0) is 56.3 Å². The molecule has 8 nitrogen and oxygen atoms in total. The van der Waals surface area contributed by atoms with E-state index in [0.717, 1.165) is 12.1 Å². The Balaban J connectivity index is 1.91. The Kier molecular flexibility index (Phi) is 5.96. The van der Waals surface area contributed by atoms with E-state index in [4.69, 9.17) is 0 Å². The van der Waals surface area contributed by atoms with Gasteiger partial charge in [0.05, 0.1) is 17.3 Å². The lowest BCUT2D eigenvalue weighted by Crippen LogP contribution is -2.17. The first-order valence-electron chi connectivity index (χ1n) is 9.07. The fraction of sp³-hybridized carbons (Fsp3) is 0.0909. The summed E-state index contributed by atoms with van der Waals surface area (Å²) < 4.78 is 14.9. The highest BCUT2D eigenvalue weighted by Gasteiger charge is 2.16. The molecule has 1 amide bonds. The smallest absolute Gasteiger partial charge is 0.335 e. The molecule has 1 aromatic heterocycles. The van der Waals surface area contributed by atoms with E-state index < -0.39 is 23.7 Å². The lowest BCUT2D eigenvalue weighted by molar-refractivity contribution is 0.0696. The summed E-state index contributed by atoms with van der Waals surface area (Å²) in [6, 6.07) is 10.8. The Labute approximate surface area is 176 Å². The monoisotopic (exact) mass is 423 g/mol. The molecule has 1 heterocycles. The number of nitrogens with one attached hydrogen (secondary N) is 1. The molecule has 31 heavy (non-hydrogen) atoms. The van der Waals surface area contributed by atoms with Crippen LogP contribution in [0.25, 0.3) is 5.69 Å². The number of hydrogen-bond acceptors (Lipinski definition) is 4. The van der Waals surface area contributed by atoms with Gasteiger partial charge >= 0.3 is 11.9 Å². The molecule has 9 heteroatoms. The van der Waals surface area contributed by atoms with Gasteiger partial charge < -0.3 is 14.8 Å². The minimum Gasteiger partial charge on any atom is -0.478 e. The summed E-state index contributed by atoms with van der Waals surface area (Å²) in [4.78, 5) is 34.8. The molecule has 3 rings (SSSR count). The van der Waals surface area contributed by atoms with Crippen LogP contribution in [0.5, 0.6) is 0 Å². The molecule has 0 aliphatic carbocycles. The number of hydrazone groups is 1. The van der Waals surface area contributed by atoms with E-state index in [9.17, 15) is 29.0 Å². The topological polar surface area (TPSA) is 121 Å². The van der Waals surface area contributed by atoms with Gasteiger partial charge in [-0.1, -0.05) is 6.07 Å². The van der Waals surface area contributed by atoms with Crippen molar-refractivity contribution in [3.63, 3.8) is 0 Å². The molecule has 0 bridgehead atoms. The summed E-state index contributed by atoms with van der Waals surface area (Å²) in [6.45, 7) is 3.51. The van der Waals surface area contributed by atoms with Crippen LogP contribution in [-0.2, 0) is 0 Å². The van der Waals surface area contributed by atoms with Crippen LogP contribution in [0.15, 0.2) is 53.6 Å². The molecule has 0 aliphatic rings. The third-order valence-corrected chi connectivity index (χ3v) is 4.60. The zero-order valence-corrected chi connectivity index (χ0v) is 16.6. The number of rotatable bonds is 6. The van der Waals surface area contributed by atoms with Crippen LogP contribution >= 0.6 is 0 Å². The van der Waals surface area contributed by atoms with Crippen molar-refractivity contribution in [1.82, 2.24) is 9.99 Å². The van der Waals surface area contributed by atoms with Gasteiger partial charge in [-0.25, -0.2) is 19.4 Å². The number of benzene rings is 2. The van der Waals surface area contributed by atoms with Crippen molar-refractivity contribution in [2.45, 2.75) is 13.8 Å². The van der Waals surface area contributed by atoms with Crippen LogP contribution in [0.2, 0.25) is 0 Å². The Hall–Kier alpha value is -4.27. The number of aromatic nitrogens is 1. The highest BCUT2D eigenvalue weighted by atomic mass is 19.1. The standard InChI is InChI=1S/C22H18FN3O5/c1-12-6-17(11-24-25-20(27)14-4-3-5-18(23)8-14)13(2)26(12)19-9-15(21(28)29)7-16(10-19)22(30)31/h3-11H,1-2H3,(H,25,27)(H,28,29)(H,30,31)/b24-11-. The minimum absolute atomic E-state index is 0.120. The van der Waals surface area contributed by atoms with Crippen LogP contribution in [0.4, 0.5) is 4.39 Å². The molecule has 0 unspecified atom stereocenters. The summed E-state index contributed by atoms with van der Waals surface area (Å²) in [5.74, 6) is -3.60. The quantitative estimate of drug-likeness (QED) is 0.415. The van der Waals surface area contributed by atoms with Crippen molar-refractivity contribution in [2.75, 3.05) is 0 Å². The zero-order valence-electron chi connectivity index (χ0n) is 16.6. The van der Waals surface area contributed by atoms with Gasteiger partial charge in [0.2, 0.25) is 0 Å². The number of aryl methyl sites for hydroxylation is 1. The fourth-order valence-corrected chi connectivity index (χ4v) is 3.16. The number of hydrogen-bond donors (Lipinski definition) is 3. The first-order chi connectivity index (χ1) is 14.7. The molecule has 0 saturated carbocycles. The van der Waals surface area contributed by atoms with E-state index in [0.29, 0.717) is 22.6 Å². The van der Waals surface area contributed by atoms with Gasteiger partial charge in [-0.3, -0.25) is 4.79 Å². The van der Waals surface area contributed by atoms with Gasteiger partial charge in [0, 0.05) is 28.2 Å². The number of carbonyl (C=O) groups is 3. The first kappa shape index (κ1) is 21.4. The third-order valence-electron chi connectivity index (χ3n) is 4.60. The average Bonchev–Trinajstić information content (AvgIpc) is 3.00. The predicted molar refractivity (Wildman–Crippen MR) is 111 cm³/mol. The zero-order chi connectivity index (χ0) is 22.7. The molecule has 0 aliphatic heterocycles. The van der Waals surface area contributed by atoms with Crippen LogP contribution in [0, 0.1) is 19.7 Å². The molecular formula is C22H18FN3O5. The van der Waals surface area contributed by atoms with Crippen LogP contribution in [0.3, 0.4) is 0 Å². The lowest BCUT2D eigenvalue weighted by Gasteiger charge is -2.12. The highest BCUT2D eigenvalue weighted by molar-refractivity contribution is 5.96. The van der Waals surface area contributed by atoms with Gasteiger partial charge in [-0.2, -0.15) is 5.10 Å². The third kappa shape index (κ3) is 4.67. The van der Waals surface area contributed by atoms with Crippen molar-refractivity contribution < 1.29 is 29.0 Å². The molecule has 0 radical (unpaired) electrons.